The van der Waals surface area contributed by atoms with Crippen molar-refractivity contribution in [2.75, 3.05) is 17.1 Å². The van der Waals surface area contributed by atoms with Crippen LogP contribution in [0.4, 0.5) is 5.69 Å². The fourth-order valence-corrected chi connectivity index (χ4v) is 3.07. The molecule has 0 unspecified atom stereocenters. The predicted octanol–water partition coefficient (Wildman–Crippen LogP) is 2.62. The van der Waals surface area contributed by atoms with Crippen molar-refractivity contribution < 1.29 is 13.5 Å². The van der Waals surface area contributed by atoms with E-state index < -0.39 is 10.0 Å². The minimum Gasteiger partial charge on any atom is -0.396 e. The number of anilines is 1. The first-order valence-electron chi connectivity index (χ1n) is 5.01. The van der Waals surface area contributed by atoms with Crippen molar-refractivity contribution in [2.24, 2.45) is 0 Å². The summed E-state index contributed by atoms with van der Waals surface area (Å²) < 4.78 is 26.3. The Morgan fingerprint density at radius 2 is 2.06 bits per heavy atom. The van der Waals surface area contributed by atoms with Crippen molar-refractivity contribution in [1.29, 1.82) is 0 Å². The van der Waals surface area contributed by atoms with Crippen LogP contribution in [-0.2, 0) is 10.0 Å². The van der Waals surface area contributed by atoms with E-state index in [4.69, 9.17) is 16.7 Å². The van der Waals surface area contributed by atoms with Crippen LogP contribution in [0, 0.1) is 0 Å². The van der Waals surface area contributed by atoms with E-state index >= 15 is 0 Å². The Balaban J connectivity index is 2.73. The van der Waals surface area contributed by atoms with Gasteiger partial charge in [0.25, 0.3) is 0 Å². The normalized spacial score (nSPS) is 11.5. The molecule has 2 N–H and O–H groups in total. The van der Waals surface area contributed by atoms with Crippen LogP contribution in [0.25, 0.3) is 0 Å². The molecule has 0 saturated carbocycles. The number of rotatable bonds is 6. The molecule has 0 aliphatic rings. The molecule has 0 bridgehead atoms. The zero-order valence-electron chi connectivity index (χ0n) is 8.99. The summed E-state index contributed by atoms with van der Waals surface area (Å²) in [5.41, 5.74) is 0.418. The van der Waals surface area contributed by atoms with Gasteiger partial charge in [0.15, 0.2) is 0 Å². The van der Waals surface area contributed by atoms with Crippen LogP contribution in [0.3, 0.4) is 0 Å². The first kappa shape index (κ1) is 14.8. The first-order valence-corrected chi connectivity index (χ1v) is 7.84. The Morgan fingerprint density at radius 1 is 1.35 bits per heavy atom. The molecule has 7 heteroatoms. The van der Waals surface area contributed by atoms with Gasteiger partial charge in [-0.3, -0.25) is 4.72 Å². The van der Waals surface area contributed by atoms with Crippen LogP contribution in [0.1, 0.15) is 12.8 Å². The first-order chi connectivity index (χ1) is 7.96. The number of hydrogen-bond donors (Lipinski definition) is 2. The van der Waals surface area contributed by atoms with Crippen LogP contribution in [0.2, 0.25) is 5.02 Å². The zero-order chi connectivity index (χ0) is 12.9. The number of aliphatic hydroxyl groups is 1. The highest BCUT2D eigenvalue weighted by Crippen LogP contribution is 2.30. The van der Waals surface area contributed by atoms with Crippen molar-refractivity contribution in [3.63, 3.8) is 0 Å². The molecule has 1 rings (SSSR count). The summed E-state index contributed by atoms with van der Waals surface area (Å²) in [6, 6.07) is 4.95. The van der Waals surface area contributed by atoms with Gasteiger partial charge in [0.2, 0.25) is 10.0 Å². The lowest BCUT2D eigenvalue weighted by molar-refractivity contribution is 0.287. The van der Waals surface area contributed by atoms with Gasteiger partial charge in [-0.1, -0.05) is 17.7 Å². The Labute approximate surface area is 114 Å². The molecular formula is C10H13BrClNO3S. The molecule has 4 nitrogen and oxygen atoms in total. The molecule has 96 valence electrons. The zero-order valence-corrected chi connectivity index (χ0v) is 12.1. The molecular weight excluding hydrogens is 330 g/mol. The van der Waals surface area contributed by atoms with E-state index in [2.05, 4.69) is 20.7 Å². The van der Waals surface area contributed by atoms with Gasteiger partial charge >= 0.3 is 0 Å². The predicted molar refractivity (Wildman–Crippen MR) is 72.9 cm³/mol. The number of hydrogen-bond acceptors (Lipinski definition) is 3. The van der Waals surface area contributed by atoms with Crippen LogP contribution in [-0.4, -0.2) is 25.9 Å². The van der Waals surface area contributed by atoms with E-state index in [1.807, 2.05) is 0 Å². The van der Waals surface area contributed by atoms with Crippen LogP contribution in [0.5, 0.6) is 0 Å². The summed E-state index contributed by atoms with van der Waals surface area (Å²) >= 11 is 9.07. The number of unbranched alkanes of at least 4 members (excludes halogenated alkanes) is 1. The number of sulfonamides is 1. The maximum atomic E-state index is 11.7. The minimum atomic E-state index is -3.40. The second-order valence-corrected chi connectivity index (χ2v) is 6.50. The number of nitrogens with one attached hydrogen (secondary N) is 1. The van der Waals surface area contributed by atoms with E-state index in [9.17, 15) is 8.42 Å². The van der Waals surface area contributed by atoms with Gasteiger partial charge in [0.1, 0.15) is 0 Å². The smallest absolute Gasteiger partial charge is 0.232 e. The highest BCUT2D eigenvalue weighted by Gasteiger charge is 2.12. The van der Waals surface area contributed by atoms with E-state index in [-0.39, 0.29) is 12.4 Å². The second-order valence-electron chi connectivity index (χ2n) is 3.45. The van der Waals surface area contributed by atoms with Crippen LogP contribution < -0.4 is 4.72 Å². The molecule has 0 atom stereocenters. The number of halogens is 2. The molecule has 0 fully saturated rings. The Morgan fingerprint density at radius 3 is 2.71 bits per heavy atom. The average Bonchev–Trinajstić information content (AvgIpc) is 2.25. The second kappa shape index (κ2) is 6.58. The molecule has 0 radical (unpaired) electrons. The third-order valence-electron chi connectivity index (χ3n) is 2.04. The summed E-state index contributed by atoms with van der Waals surface area (Å²) in [5.74, 6) is -0.0213. The van der Waals surface area contributed by atoms with Crippen molar-refractivity contribution in [3.8, 4) is 0 Å². The molecule has 0 amide bonds. The van der Waals surface area contributed by atoms with Crippen molar-refractivity contribution in [2.45, 2.75) is 12.8 Å². The Hall–Kier alpha value is -0.300. The lowest BCUT2D eigenvalue weighted by Gasteiger charge is -2.10. The quantitative estimate of drug-likeness (QED) is 0.781. The molecule has 0 aliphatic carbocycles. The van der Waals surface area contributed by atoms with Gasteiger partial charge < -0.3 is 5.11 Å². The summed E-state index contributed by atoms with van der Waals surface area (Å²) in [5, 5.41) is 9.04. The van der Waals surface area contributed by atoms with Gasteiger partial charge in [-0.25, -0.2) is 8.42 Å². The fourth-order valence-electron chi connectivity index (χ4n) is 1.21. The fraction of sp³-hybridized carbons (Fsp3) is 0.400. The Kier molecular flexibility index (Phi) is 5.72. The molecule has 1 aromatic rings. The monoisotopic (exact) mass is 341 g/mol. The summed E-state index contributed by atoms with van der Waals surface area (Å²) in [6.45, 7) is -0.00359. The highest BCUT2D eigenvalue weighted by atomic mass is 79.9. The van der Waals surface area contributed by atoms with Gasteiger partial charge in [0.05, 0.1) is 20.9 Å². The lowest BCUT2D eigenvalue weighted by atomic mass is 10.3. The summed E-state index contributed by atoms with van der Waals surface area (Å²) in [4.78, 5) is 0. The SMILES string of the molecule is O=S(=O)(CCCCO)Nc1cccc(Cl)c1Br. The van der Waals surface area contributed by atoms with E-state index in [0.29, 0.717) is 28.0 Å². The highest BCUT2D eigenvalue weighted by molar-refractivity contribution is 9.10. The molecule has 1 aromatic carbocycles. The van der Waals surface area contributed by atoms with E-state index in [1.165, 1.54) is 0 Å². The maximum Gasteiger partial charge on any atom is 0.232 e. The number of aliphatic hydroxyl groups excluding tert-OH is 1. The maximum absolute atomic E-state index is 11.7. The largest absolute Gasteiger partial charge is 0.396 e. The molecule has 0 aromatic heterocycles. The standard InChI is InChI=1S/C10H13BrClNO3S/c11-10-8(12)4-3-5-9(10)13-17(15,16)7-2-1-6-14/h3-5,13-14H,1-2,6-7H2. The summed E-state index contributed by atoms with van der Waals surface area (Å²) in [6.07, 6.45) is 0.891. The minimum absolute atomic E-state index is 0.00359. The van der Waals surface area contributed by atoms with E-state index in [1.54, 1.807) is 18.2 Å². The van der Waals surface area contributed by atoms with Crippen LogP contribution in [0.15, 0.2) is 22.7 Å². The van der Waals surface area contributed by atoms with Crippen molar-refractivity contribution in [1.82, 2.24) is 0 Å². The van der Waals surface area contributed by atoms with Crippen molar-refractivity contribution >= 4 is 43.2 Å². The topological polar surface area (TPSA) is 66.4 Å². The third kappa shape index (κ3) is 4.83. The third-order valence-corrected chi connectivity index (χ3v) is 4.79. The van der Waals surface area contributed by atoms with Crippen molar-refractivity contribution in [3.05, 3.63) is 27.7 Å². The molecule has 0 heterocycles. The summed E-state index contributed by atoms with van der Waals surface area (Å²) in [7, 11) is -3.40. The van der Waals surface area contributed by atoms with Gasteiger partial charge in [-0.2, -0.15) is 0 Å². The lowest BCUT2D eigenvalue weighted by Crippen LogP contribution is -2.17. The number of benzene rings is 1. The van der Waals surface area contributed by atoms with Gasteiger partial charge in [0, 0.05) is 6.61 Å². The van der Waals surface area contributed by atoms with E-state index in [0.717, 1.165) is 0 Å². The Bertz CT molecular complexity index is 478. The molecule has 0 aliphatic heterocycles. The molecule has 0 saturated heterocycles. The molecule has 0 spiro atoms. The van der Waals surface area contributed by atoms with Gasteiger partial charge in [-0.15, -0.1) is 0 Å². The molecule has 17 heavy (non-hydrogen) atoms. The average molecular weight is 343 g/mol. The van der Waals surface area contributed by atoms with Crippen LogP contribution >= 0.6 is 27.5 Å². The van der Waals surface area contributed by atoms with Gasteiger partial charge in [-0.05, 0) is 40.9 Å².